The van der Waals surface area contributed by atoms with Crippen molar-refractivity contribution in [3.63, 3.8) is 0 Å². The van der Waals surface area contributed by atoms with Gasteiger partial charge in [-0.05, 0) is 54.6 Å². The van der Waals surface area contributed by atoms with E-state index < -0.39 is 0 Å². The molecule has 0 atom stereocenters. The summed E-state index contributed by atoms with van der Waals surface area (Å²) < 4.78 is 19.5. The molecule has 0 unspecified atom stereocenters. The van der Waals surface area contributed by atoms with Crippen LogP contribution in [0.4, 0.5) is 15.8 Å². The minimum absolute atomic E-state index is 0.142. The van der Waals surface area contributed by atoms with E-state index in [1.807, 2.05) is 18.2 Å². The van der Waals surface area contributed by atoms with Crippen molar-refractivity contribution in [1.82, 2.24) is 4.98 Å². The fraction of sp³-hybridized carbons (Fsp3) is 0.185. The van der Waals surface area contributed by atoms with Gasteiger partial charge >= 0.3 is 0 Å². The van der Waals surface area contributed by atoms with Crippen LogP contribution in [0.2, 0.25) is 0 Å². The van der Waals surface area contributed by atoms with Gasteiger partial charge in [-0.3, -0.25) is 9.78 Å². The van der Waals surface area contributed by atoms with Crippen molar-refractivity contribution in [2.45, 2.75) is 0 Å². The number of rotatable bonds is 5. The molecule has 0 aliphatic carbocycles. The van der Waals surface area contributed by atoms with Gasteiger partial charge in [0.2, 0.25) is 0 Å². The highest BCUT2D eigenvalue weighted by molar-refractivity contribution is 6.16. The first-order valence-corrected chi connectivity index (χ1v) is 11.0. The third-order valence-corrected chi connectivity index (χ3v) is 6.12. The van der Waals surface area contributed by atoms with Gasteiger partial charge in [-0.15, -0.1) is 0 Å². The minimum atomic E-state index is -0.345. The van der Waals surface area contributed by atoms with E-state index in [9.17, 15) is 9.18 Å². The van der Waals surface area contributed by atoms with Crippen molar-refractivity contribution < 1.29 is 13.9 Å². The largest absolute Gasteiger partial charge is 0.497 e. The minimum Gasteiger partial charge on any atom is -0.497 e. The first kappa shape index (κ1) is 20.9. The molecule has 4 aromatic rings. The molecule has 1 aliphatic rings. The highest BCUT2D eigenvalue weighted by atomic mass is 19.1. The molecule has 1 aliphatic heterocycles. The normalized spacial score (nSPS) is 13.9. The topological polar surface area (TPSA) is 45.7 Å². The molecule has 0 radical (unpaired) electrons. The lowest BCUT2D eigenvalue weighted by atomic mass is 9.99. The summed E-state index contributed by atoms with van der Waals surface area (Å²) in [4.78, 5) is 22.5. The van der Waals surface area contributed by atoms with Crippen LogP contribution in [0.3, 0.4) is 0 Å². The number of pyridine rings is 1. The van der Waals surface area contributed by atoms with E-state index in [0.29, 0.717) is 40.9 Å². The van der Waals surface area contributed by atoms with Gasteiger partial charge in [0, 0.05) is 49.0 Å². The Balaban J connectivity index is 1.53. The molecule has 33 heavy (non-hydrogen) atoms. The number of para-hydroxylation sites is 1. The van der Waals surface area contributed by atoms with E-state index in [-0.39, 0.29) is 11.6 Å². The van der Waals surface area contributed by atoms with Gasteiger partial charge < -0.3 is 14.5 Å². The summed E-state index contributed by atoms with van der Waals surface area (Å²) in [6.07, 6.45) is 1.62. The third kappa shape index (κ3) is 4.12. The number of ketones is 1. The van der Waals surface area contributed by atoms with Crippen molar-refractivity contribution in [3.8, 4) is 5.75 Å². The molecule has 1 aromatic heterocycles. The number of benzene rings is 3. The van der Waals surface area contributed by atoms with Crippen molar-refractivity contribution in [2.75, 3.05) is 43.1 Å². The summed E-state index contributed by atoms with van der Waals surface area (Å²) in [5.74, 6) is 0.196. The monoisotopic (exact) mass is 441 g/mol. The fourth-order valence-corrected chi connectivity index (χ4v) is 4.38. The van der Waals surface area contributed by atoms with E-state index in [1.54, 1.807) is 43.6 Å². The second-order valence-electron chi connectivity index (χ2n) is 8.05. The molecular weight excluding hydrogens is 417 g/mol. The number of methoxy groups -OCH3 is 1. The smallest absolute Gasteiger partial charge is 0.196 e. The molecule has 1 saturated heterocycles. The second-order valence-corrected chi connectivity index (χ2v) is 8.05. The summed E-state index contributed by atoms with van der Waals surface area (Å²) in [6.45, 7) is 3.04. The summed E-state index contributed by atoms with van der Waals surface area (Å²) in [5, 5.41) is 0.655. The van der Waals surface area contributed by atoms with Crippen LogP contribution in [0.5, 0.6) is 5.75 Å². The average Bonchev–Trinajstić information content (AvgIpc) is 2.88. The molecule has 5 nitrogen and oxygen atoms in total. The average molecular weight is 442 g/mol. The SMILES string of the molecule is COc1ccc(C(=O)c2cnc3ccc(F)cc3c2N2CCN(c3ccccc3)CC2)cc1. The van der Waals surface area contributed by atoms with E-state index >= 15 is 0 Å². The Morgan fingerprint density at radius 1 is 0.909 bits per heavy atom. The number of anilines is 2. The van der Waals surface area contributed by atoms with Gasteiger partial charge in [0.25, 0.3) is 0 Å². The van der Waals surface area contributed by atoms with Crippen LogP contribution in [0.15, 0.2) is 79.0 Å². The number of carbonyl (C=O) groups excluding carboxylic acids is 1. The zero-order chi connectivity index (χ0) is 22.8. The molecule has 166 valence electrons. The number of halogens is 1. The Kier molecular flexibility index (Phi) is 5.65. The third-order valence-electron chi connectivity index (χ3n) is 6.12. The standard InChI is InChI=1S/C27H24FN3O2/c1-33-22-10-7-19(8-11-22)27(32)24-18-29-25-12-9-20(28)17-23(25)26(24)31-15-13-30(14-16-31)21-5-3-2-4-6-21/h2-12,17-18H,13-16H2,1H3. The quantitative estimate of drug-likeness (QED) is 0.411. The maximum atomic E-state index is 14.3. The zero-order valence-electron chi connectivity index (χ0n) is 18.4. The predicted molar refractivity (Wildman–Crippen MR) is 129 cm³/mol. The second kappa shape index (κ2) is 8.90. The van der Waals surface area contributed by atoms with E-state index in [0.717, 1.165) is 18.8 Å². The summed E-state index contributed by atoms with van der Waals surface area (Å²) in [6, 6.07) is 21.8. The van der Waals surface area contributed by atoms with Crippen LogP contribution < -0.4 is 14.5 Å². The van der Waals surface area contributed by atoms with E-state index in [1.165, 1.54) is 17.8 Å². The van der Waals surface area contributed by atoms with Crippen molar-refractivity contribution in [2.24, 2.45) is 0 Å². The number of ether oxygens (including phenoxy) is 1. The highest BCUT2D eigenvalue weighted by Crippen LogP contribution is 2.33. The lowest BCUT2D eigenvalue weighted by Crippen LogP contribution is -2.47. The van der Waals surface area contributed by atoms with Gasteiger partial charge in [-0.25, -0.2) is 4.39 Å². The van der Waals surface area contributed by atoms with Gasteiger partial charge in [0.1, 0.15) is 11.6 Å². The Morgan fingerprint density at radius 3 is 2.30 bits per heavy atom. The molecule has 0 bridgehead atoms. The van der Waals surface area contributed by atoms with E-state index in [2.05, 4.69) is 26.9 Å². The lowest BCUT2D eigenvalue weighted by Gasteiger charge is -2.38. The van der Waals surface area contributed by atoms with Gasteiger partial charge in [-0.2, -0.15) is 0 Å². The Hall–Kier alpha value is -3.93. The molecule has 0 N–H and O–H groups in total. The Morgan fingerprint density at radius 2 is 1.61 bits per heavy atom. The van der Waals surface area contributed by atoms with Crippen molar-refractivity contribution in [1.29, 1.82) is 0 Å². The fourth-order valence-electron chi connectivity index (χ4n) is 4.38. The first-order chi connectivity index (χ1) is 16.1. The molecule has 1 fully saturated rings. The molecule has 0 spiro atoms. The Labute approximate surface area is 192 Å². The van der Waals surface area contributed by atoms with Crippen LogP contribution in [0.1, 0.15) is 15.9 Å². The summed E-state index contributed by atoms with van der Waals surface area (Å²) in [5.41, 5.74) is 3.61. The van der Waals surface area contributed by atoms with E-state index in [4.69, 9.17) is 4.74 Å². The number of hydrogen-bond acceptors (Lipinski definition) is 5. The molecule has 0 saturated carbocycles. The lowest BCUT2D eigenvalue weighted by molar-refractivity contribution is 0.103. The molecule has 2 heterocycles. The van der Waals surface area contributed by atoms with Crippen LogP contribution >= 0.6 is 0 Å². The molecule has 6 heteroatoms. The number of hydrogen-bond donors (Lipinski definition) is 0. The van der Waals surface area contributed by atoms with Gasteiger partial charge in [0.15, 0.2) is 5.78 Å². The summed E-state index contributed by atoms with van der Waals surface area (Å²) >= 11 is 0. The molecule has 0 amide bonds. The number of nitrogens with zero attached hydrogens (tertiary/aromatic N) is 3. The van der Waals surface area contributed by atoms with Crippen LogP contribution in [0.25, 0.3) is 10.9 Å². The highest BCUT2D eigenvalue weighted by Gasteiger charge is 2.25. The maximum Gasteiger partial charge on any atom is 0.196 e. The molecular formula is C27H24FN3O2. The van der Waals surface area contributed by atoms with Crippen LogP contribution in [-0.2, 0) is 0 Å². The summed E-state index contributed by atoms with van der Waals surface area (Å²) in [7, 11) is 1.59. The number of piperazine rings is 1. The zero-order valence-corrected chi connectivity index (χ0v) is 18.4. The van der Waals surface area contributed by atoms with Crippen molar-refractivity contribution in [3.05, 3.63) is 95.9 Å². The first-order valence-electron chi connectivity index (χ1n) is 11.0. The number of fused-ring (bicyclic) bond motifs is 1. The maximum absolute atomic E-state index is 14.3. The van der Waals surface area contributed by atoms with Crippen LogP contribution in [0, 0.1) is 5.82 Å². The van der Waals surface area contributed by atoms with Gasteiger partial charge in [0.05, 0.1) is 23.9 Å². The van der Waals surface area contributed by atoms with Crippen molar-refractivity contribution >= 4 is 28.1 Å². The molecule has 5 rings (SSSR count). The molecule has 3 aromatic carbocycles. The predicted octanol–water partition coefficient (Wildman–Crippen LogP) is 4.94. The van der Waals surface area contributed by atoms with Crippen LogP contribution in [-0.4, -0.2) is 44.1 Å². The van der Waals surface area contributed by atoms with Gasteiger partial charge in [-0.1, -0.05) is 18.2 Å². The number of aromatic nitrogens is 1. The Bertz CT molecular complexity index is 1280. The number of carbonyl (C=O) groups is 1.